The van der Waals surface area contributed by atoms with Crippen LogP contribution in [0.3, 0.4) is 0 Å². The third kappa shape index (κ3) is 8.17. The number of nitro groups is 1. The van der Waals surface area contributed by atoms with Gasteiger partial charge in [-0.1, -0.05) is 19.6 Å². The number of hydrogen-bond donors (Lipinski definition) is 0. The van der Waals surface area contributed by atoms with Crippen LogP contribution in [0.4, 0.5) is 11.4 Å². The molecule has 0 amide bonds. The molecule has 0 fully saturated rings. The van der Waals surface area contributed by atoms with Crippen molar-refractivity contribution in [3.05, 3.63) is 38.8 Å². The van der Waals surface area contributed by atoms with Crippen LogP contribution in [0.15, 0.2) is 28.0 Å². The minimum atomic E-state index is -1.45. The molecule has 112 valence electrons. The second-order valence-electron chi connectivity index (χ2n) is 4.71. The van der Waals surface area contributed by atoms with E-state index in [-0.39, 0.29) is 17.1 Å². The first-order valence-corrected chi connectivity index (χ1v) is 9.16. The normalized spacial score (nSPS) is 9.33. The second kappa shape index (κ2) is 8.49. The van der Waals surface area contributed by atoms with E-state index in [9.17, 15) is 14.9 Å². The van der Waals surface area contributed by atoms with Gasteiger partial charge in [-0.25, -0.2) is 4.79 Å². The molecular formula is C11H15N5O4Si. The first kappa shape index (κ1) is 18.3. The molecule has 0 heterocycles. The Morgan fingerprint density at radius 3 is 2.33 bits per heavy atom. The maximum absolute atomic E-state index is 10.4. The number of non-ortho nitro benzene ring substituents is 1. The highest BCUT2D eigenvalue weighted by Gasteiger charge is 2.09. The van der Waals surface area contributed by atoms with Gasteiger partial charge in [0.15, 0.2) is 0 Å². The first-order valence-electron chi connectivity index (χ1n) is 5.71. The van der Waals surface area contributed by atoms with Gasteiger partial charge >= 0.3 is 0 Å². The fourth-order valence-electron chi connectivity index (χ4n) is 1.04. The van der Waals surface area contributed by atoms with E-state index in [4.69, 9.17) is 10.3 Å². The van der Waals surface area contributed by atoms with E-state index in [0.717, 1.165) is 6.07 Å². The van der Waals surface area contributed by atoms with E-state index in [0.29, 0.717) is 0 Å². The van der Waals surface area contributed by atoms with Gasteiger partial charge in [0.1, 0.15) is 14.0 Å². The lowest BCUT2D eigenvalue weighted by Crippen LogP contribution is -2.13. The monoisotopic (exact) mass is 309 g/mol. The number of azide groups is 1. The number of aliphatic imine (C=N–C) groups is 1. The molecule has 0 unspecified atom stereocenters. The number of nitro benzene ring substituents is 1. The molecule has 0 aliphatic rings. The van der Waals surface area contributed by atoms with Gasteiger partial charge in [0.05, 0.1) is 23.8 Å². The van der Waals surface area contributed by atoms with E-state index in [1.54, 1.807) is 0 Å². The molecule has 0 saturated heterocycles. The molecule has 0 aliphatic heterocycles. The first-order chi connectivity index (χ1) is 9.73. The predicted molar refractivity (Wildman–Crippen MR) is 79.9 cm³/mol. The summed E-state index contributed by atoms with van der Waals surface area (Å²) in [5.74, 6) is 0.271. The zero-order chi connectivity index (χ0) is 16.5. The molecule has 1 aromatic carbocycles. The Morgan fingerprint density at radius 1 is 1.38 bits per heavy atom. The molecule has 1 aromatic rings. The van der Waals surface area contributed by atoms with Crippen LogP contribution in [0.25, 0.3) is 10.4 Å². The van der Waals surface area contributed by atoms with Gasteiger partial charge in [0, 0.05) is 12.1 Å². The molecule has 0 atom stereocenters. The second-order valence-corrected chi connectivity index (χ2v) is 9.25. The van der Waals surface area contributed by atoms with E-state index in [1.807, 2.05) is 19.6 Å². The van der Waals surface area contributed by atoms with Gasteiger partial charge in [0.25, 0.3) is 5.69 Å². The number of nitrogens with zero attached hydrogens (tertiary/aromatic N) is 5. The fraction of sp³-hybridized carbons (Fsp3) is 0.364. The van der Waals surface area contributed by atoms with Crippen LogP contribution in [0.5, 0.6) is 5.75 Å². The Labute approximate surface area is 122 Å². The minimum Gasteiger partial charge on any atom is -0.496 e. The number of hydrogen-bond acceptors (Lipinski definition) is 6. The summed E-state index contributed by atoms with van der Waals surface area (Å²) in [4.78, 5) is 25.8. The molecule has 10 heteroatoms. The van der Waals surface area contributed by atoms with Crippen molar-refractivity contribution in [1.82, 2.24) is 0 Å². The Morgan fingerprint density at radius 2 is 2.00 bits per heavy atom. The number of isocyanates is 1. The largest absolute Gasteiger partial charge is 0.496 e. The lowest BCUT2D eigenvalue weighted by atomic mass is 10.2. The number of ether oxygens (including phenoxy) is 1. The fourth-order valence-corrected chi connectivity index (χ4v) is 1.31. The summed E-state index contributed by atoms with van der Waals surface area (Å²) >= 11 is 0. The van der Waals surface area contributed by atoms with E-state index >= 15 is 0 Å². The van der Waals surface area contributed by atoms with Crippen LogP contribution >= 0.6 is 0 Å². The highest BCUT2D eigenvalue weighted by Crippen LogP contribution is 2.27. The molecule has 0 aliphatic carbocycles. The van der Waals surface area contributed by atoms with Gasteiger partial charge < -0.3 is 4.74 Å². The van der Waals surface area contributed by atoms with E-state index < -0.39 is 13.2 Å². The maximum Gasteiger partial charge on any atom is 0.275 e. The number of methoxy groups -OCH3 is 1. The van der Waals surface area contributed by atoms with Crippen molar-refractivity contribution in [3.63, 3.8) is 0 Å². The summed E-state index contributed by atoms with van der Waals surface area (Å²) in [7, 11) is -0.0804. The van der Waals surface area contributed by atoms with E-state index in [2.05, 4.69) is 14.7 Å². The van der Waals surface area contributed by atoms with Crippen LogP contribution in [-0.2, 0) is 4.79 Å². The summed E-state index contributed by atoms with van der Waals surface area (Å²) < 4.78 is 8.37. The lowest BCUT2D eigenvalue weighted by Gasteiger charge is -2.01. The molecule has 1 rings (SSSR count). The third-order valence-corrected chi connectivity index (χ3v) is 2.53. The van der Waals surface area contributed by atoms with Crippen molar-refractivity contribution in [1.29, 1.82) is 0 Å². The van der Waals surface area contributed by atoms with Gasteiger partial charge in [-0.05, 0) is 10.4 Å². The number of rotatable bonds is 4. The molecule has 0 aromatic heterocycles. The van der Waals surface area contributed by atoms with Crippen LogP contribution in [0.2, 0.25) is 19.6 Å². The standard InChI is InChI=1S/C8H6N2O4.C3H9N3Si/c1-14-8-3-6(9-5-11)2-7(4-8)10(12)13;1-7(2,3)6-5-4/h2-4H,1H3;1-3H3. The Hall–Kier alpha value is -2.67. The average Bonchev–Trinajstić information content (AvgIpc) is 2.38. The van der Waals surface area contributed by atoms with Crippen molar-refractivity contribution in [2.45, 2.75) is 19.6 Å². The van der Waals surface area contributed by atoms with Crippen LogP contribution < -0.4 is 4.74 Å². The summed E-state index contributed by atoms with van der Waals surface area (Å²) in [6, 6.07) is 3.80. The minimum absolute atomic E-state index is 0.144. The maximum atomic E-state index is 10.4. The Bertz CT molecular complexity index is 581. The van der Waals surface area contributed by atoms with Crippen molar-refractivity contribution in [3.8, 4) is 5.75 Å². The number of benzene rings is 1. The molecule has 0 spiro atoms. The summed E-state index contributed by atoms with van der Waals surface area (Å²) in [6.45, 7) is 5.98. The Kier molecular flexibility index (Phi) is 7.41. The highest BCUT2D eigenvalue weighted by atomic mass is 28.3. The van der Waals surface area contributed by atoms with Crippen molar-refractivity contribution < 1.29 is 14.5 Å². The van der Waals surface area contributed by atoms with Crippen LogP contribution in [0.1, 0.15) is 0 Å². The zero-order valence-corrected chi connectivity index (χ0v) is 13.1. The van der Waals surface area contributed by atoms with Crippen LogP contribution in [0, 0.1) is 10.1 Å². The zero-order valence-electron chi connectivity index (χ0n) is 12.1. The molecule has 21 heavy (non-hydrogen) atoms. The van der Waals surface area contributed by atoms with Gasteiger partial charge in [-0.15, -0.1) is 4.78 Å². The third-order valence-electron chi connectivity index (χ3n) is 1.84. The van der Waals surface area contributed by atoms with Crippen molar-refractivity contribution >= 4 is 25.7 Å². The highest BCUT2D eigenvalue weighted by molar-refractivity contribution is 6.74. The smallest absolute Gasteiger partial charge is 0.275 e. The van der Waals surface area contributed by atoms with Gasteiger partial charge in [0.2, 0.25) is 6.08 Å². The molecule has 0 radical (unpaired) electrons. The van der Waals surface area contributed by atoms with Crippen molar-refractivity contribution in [2.24, 2.45) is 9.77 Å². The average molecular weight is 309 g/mol. The lowest BCUT2D eigenvalue weighted by molar-refractivity contribution is -0.384. The number of carbonyl (C=O) groups excluding carboxylic acids is 1. The molecule has 9 nitrogen and oxygen atoms in total. The van der Waals surface area contributed by atoms with E-state index in [1.165, 1.54) is 25.3 Å². The Balaban J connectivity index is 0.000000486. The molecule has 0 N–H and O–H groups in total. The quantitative estimate of drug-likeness (QED) is 0.123. The molecular weight excluding hydrogens is 294 g/mol. The topological polar surface area (TPSA) is 131 Å². The van der Waals surface area contributed by atoms with Crippen molar-refractivity contribution in [2.75, 3.05) is 7.11 Å². The predicted octanol–water partition coefficient (Wildman–Crippen LogP) is 3.70. The summed E-state index contributed by atoms with van der Waals surface area (Å²) in [5.41, 5.74) is 7.86. The molecule has 0 saturated carbocycles. The molecule has 0 bridgehead atoms. The van der Waals surface area contributed by atoms with Crippen LogP contribution in [-0.4, -0.2) is 26.3 Å². The van der Waals surface area contributed by atoms with Gasteiger partial charge in [-0.3, -0.25) is 10.1 Å². The summed E-state index contributed by atoms with van der Waals surface area (Å²) in [6.07, 6.45) is 1.30. The van der Waals surface area contributed by atoms with Gasteiger partial charge in [-0.2, -0.15) is 4.99 Å². The SMILES string of the molecule is COc1cc(N=C=O)cc([N+](=O)[O-])c1.C[Si](C)(C)N=[N+]=[N-]. The summed E-state index contributed by atoms with van der Waals surface area (Å²) in [5, 5.41) is 10.4.